The number of nitrogens with two attached hydrogens (primary N) is 1. The lowest BCUT2D eigenvalue weighted by Gasteiger charge is -2.03. The van der Waals surface area contributed by atoms with Crippen LogP contribution in [0.15, 0.2) is 18.5 Å². The summed E-state index contributed by atoms with van der Waals surface area (Å²) in [6, 6.07) is 1.92. The number of hydrogen-bond donors (Lipinski definition) is 1. The van der Waals surface area contributed by atoms with Gasteiger partial charge in [0.2, 0.25) is 0 Å². The highest BCUT2D eigenvalue weighted by atomic mass is 15.3. The van der Waals surface area contributed by atoms with Gasteiger partial charge in [0.25, 0.3) is 0 Å². The Morgan fingerprint density at radius 1 is 1.40 bits per heavy atom. The number of hydrogen-bond acceptors (Lipinski definition) is 4. The van der Waals surface area contributed by atoms with Gasteiger partial charge in [0, 0.05) is 11.8 Å². The second-order valence-electron chi connectivity index (χ2n) is 3.34. The maximum atomic E-state index is 5.60. The lowest BCUT2D eigenvalue weighted by atomic mass is 10.3. The molecule has 0 bridgehead atoms. The van der Waals surface area contributed by atoms with E-state index >= 15 is 0 Å². The highest BCUT2D eigenvalue weighted by Crippen LogP contribution is 2.09. The van der Waals surface area contributed by atoms with Crippen LogP contribution < -0.4 is 5.73 Å². The van der Waals surface area contributed by atoms with Crippen LogP contribution in [0.3, 0.4) is 0 Å². The first kappa shape index (κ1) is 9.64. The van der Waals surface area contributed by atoms with Gasteiger partial charge in [-0.25, -0.2) is 14.6 Å². The molecule has 2 N–H and O–H groups in total. The van der Waals surface area contributed by atoms with E-state index in [9.17, 15) is 0 Å². The molecule has 0 unspecified atom stereocenters. The zero-order valence-corrected chi connectivity index (χ0v) is 8.81. The normalized spacial score (nSPS) is 10.5. The SMILES string of the molecule is CCc1cc(-n2cc(N)cn2)nc(C)n1. The lowest BCUT2D eigenvalue weighted by molar-refractivity contribution is 0.814. The van der Waals surface area contributed by atoms with Gasteiger partial charge >= 0.3 is 0 Å². The summed E-state index contributed by atoms with van der Waals surface area (Å²) in [6.45, 7) is 3.93. The summed E-state index contributed by atoms with van der Waals surface area (Å²) < 4.78 is 1.66. The number of anilines is 1. The topological polar surface area (TPSA) is 69.6 Å². The minimum atomic E-state index is 0.629. The van der Waals surface area contributed by atoms with Gasteiger partial charge in [-0.05, 0) is 13.3 Å². The monoisotopic (exact) mass is 203 g/mol. The summed E-state index contributed by atoms with van der Waals surface area (Å²) in [5.41, 5.74) is 7.23. The fraction of sp³-hybridized carbons (Fsp3) is 0.300. The first-order valence-corrected chi connectivity index (χ1v) is 4.84. The average Bonchev–Trinajstić information content (AvgIpc) is 2.64. The van der Waals surface area contributed by atoms with Gasteiger partial charge < -0.3 is 5.73 Å². The van der Waals surface area contributed by atoms with E-state index in [-0.39, 0.29) is 0 Å². The highest BCUT2D eigenvalue weighted by Gasteiger charge is 2.03. The van der Waals surface area contributed by atoms with Crippen molar-refractivity contribution >= 4 is 5.69 Å². The van der Waals surface area contributed by atoms with Crippen LogP contribution in [-0.4, -0.2) is 19.7 Å². The van der Waals surface area contributed by atoms with Gasteiger partial charge in [-0.2, -0.15) is 5.10 Å². The van der Waals surface area contributed by atoms with Crippen LogP contribution in [0.25, 0.3) is 5.82 Å². The number of nitrogens with zero attached hydrogens (tertiary/aromatic N) is 4. The minimum Gasteiger partial charge on any atom is -0.396 e. The molecule has 0 spiro atoms. The molecule has 5 heteroatoms. The molecule has 0 aliphatic heterocycles. The third-order valence-corrected chi connectivity index (χ3v) is 2.08. The summed E-state index contributed by atoms with van der Waals surface area (Å²) in [5, 5.41) is 4.10. The molecule has 2 rings (SSSR count). The molecule has 0 amide bonds. The fourth-order valence-corrected chi connectivity index (χ4v) is 1.37. The Morgan fingerprint density at radius 2 is 2.20 bits per heavy atom. The van der Waals surface area contributed by atoms with Crippen molar-refractivity contribution in [3.63, 3.8) is 0 Å². The van der Waals surface area contributed by atoms with Gasteiger partial charge in [0.05, 0.1) is 18.1 Å². The zero-order chi connectivity index (χ0) is 10.8. The summed E-state index contributed by atoms with van der Waals surface area (Å²) >= 11 is 0. The summed E-state index contributed by atoms with van der Waals surface area (Å²) in [5.74, 6) is 1.51. The molecule has 2 aromatic heterocycles. The molecular weight excluding hydrogens is 190 g/mol. The van der Waals surface area contributed by atoms with E-state index < -0.39 is 0 Å². The average molecular weight is 203 g/mol. The first-order chi connectivity index (χ1) is 7.19. The van der Waals surface area contributed by atoms with Crippen molar-refractivity contribution in [2.75, 3.05) is 5.73 Å². The third kappa shape index (κ3) is 1.96. The van der Waals surface area contributed by atoms with Crippen LogP contribution in [0.1, 0.15) is 18.4 Å². The fourth-order valence-electron chi connectivity index (χ4n) is 1.37. The Morgan fingerprint density at radius 3 is 2.80 bits per heavy atom. The molecule has 0 saturated heterocycles. The van der Waals surface area contributed by atoms with E-state index in [0.29, 0.717) is 5.69 Å². The van der Waals surface area contributed by atoms with Crippen molar-refractivity contribution in [3.8, 4) is 5.82 Å². The Hall–Kier alpha value is -1.91. The maximum Gasteiger partial charge on any atom is 0.157 e. The molecule has 0 aliphatic carbocycles. The molecule has 2 aromatic rings. The molecule has 0 radical (unpaired) electrons. The molecular formula is C10H13N5. The smallest absolute Gasteiger partial charge is 0.157 e. The Bertz CT molecular complexity index is 474. The first-order valence-electron chi connectivity index (χ1n) is 4.84. The van der Waals surface area contributed by atoms with E-state index in [1.165, 1.54) is 0 Å². The number of aryl methyl sites for hydroxylation is 2. The van der Waals surface area contributed by atoms with Crippen LogP contribution >= 0.6 is 0 Å². The zero-order valence-electron chi connectivity index (χ0n) is 8.81. The second-order valence-corrected chi connectivity index (χ2v) is 3.34. The molecule has 0 atom stereocenters. The molecule has 2 heterocycles. The maximum absolute atomic E-state index is 5.60. The van der Waals surface area contributed by atoms with Crippen molar-refractivity contribution in [2.24, 2.45) is 0 Å². The van der Waals surface area contributed by atoms with Crippen molar-refractivity contribution < 1.29 is 0 Å². The lowest BCUT2D eigenvalue weighted by Crippen LogP contribution is -2.03. The molecule has 0 aromatic carbocycles. The number of nitrogen functional groups attached to an aromatic ring is 1. The van der Waals surface area contributed by atoms with E-state index in [2.05, 4.69) is 22.0 Å². The van der Waals surface area contributed by atoms with Gasteiger partial charge in [-0.3, -0.25) is 0 Å². The van der Waals surface area contributed by atoms with Crippen molar-refractivity contribution in [2.45, 2.75) is 20.3 Å². The Balaban J connectivity index is 2.48. The molecule has 0 fully saturated rings. The third-order valence-electron chi connectivity index (χ3n) is 2.08. The Kier molecular flexibility index (Phi) is 2.37. The molecule has 0 aliphatic rings. The molecule has 15 heavy (non-hydrogen) atoms. The summed E-state index contributed by atoms with van der Waals surface area (Å²) in [4.78, 5) is 8.60. The van der Waals surface area contributed by atoms with E-state index in [1.54, 1.807) is 17.1 Å². The van der Waals surface area contributed by atoms with Crippen molar-refractivity contribution in [1.29, 1.82) is 0 Å². The van der Waals surface area contributed by atoms with Crippen LogP contribution in [0.5, 0.6) is 0 Å². The van der Waals surface area contributed by atoms with E-state index in [4.69, 9.17) is 5.73 Å². The summed E-state index contributed by atoms with van der Waals surface area (Å²) in [7, 11) is 0. The highest BCUT2D eigenvalue weighted by molar-refractivity contribution is 5.35. The minimum absolute atomic E-state index is 0.629. The van der Waals surface area contributed by atoms with Crippen LogP contribution in [0, 0.1) is 6.92 Å². The second kappa shape index (κ2) is 3.68. The predicted molar refractivity (Wildman–Crippen MR) is 57.7 cm³/mol. The van der Waals surface area contributed by atoms with E-state index in [1.807, 2.05) is 13.0 Å². The van der Waals surface area contributed by atoms with Gasteiger partial charge in [0.1, 0.15) is 5.82 Å². The number of aromatic nitrogens is 4. The van der Waals surface area contributed by atoms with Gasteiger partial charge in [-0.1, -0.05) is 6.92 Å². The molecule has 5 nitrogen and oxygen atoms in total. The van der Waals surface area contributed by atoms with Crippen molar-refractivity contribution in [3.05, 3.63) is 30.0 Å². The summed E-state index contributed by atoms with van der Waals surface area (Å²) in [6.07, 6.45) is 4.22. The molecule has 0 saturated carbocycles. The van der Waals surface area contributed by atoms with Gasteiger partial charge in [0.15, 0.2) is 5.82 Å². The molecule has 78 valence electrons. The Labute approximate surface area is 88.0 Å². The number of rotatable bonds is 2. The van der Waals surface area contributed by atoms with Crippen molar-refractivity contribution in [1.82, 2.24) is 19.7 Å². The van der Waals surface area contributed by atoms with Gasteiger partial charge in [-0.15, -0.1) is 0 Å². The predicted octanol–water partition coefficient (Wildman–Crippen LogP) is 1.12. The standard InChI is InChI=1S/C10H13N5/c1-3-9-4-10(14-7(2)13-9)15-6-8(11)5-12-15/h4-6H,3,11H2,1-2H3. The van der Waals surface area contributed by atoms with Crippen LogP contribution in [0.4, 0.5) is 5.69 Å². The quantitative estimate of drug-likeness (QED) is 0.793. The van der Waals surface area contributed by atoms with Crippen LogP contribution in [0.2, 0.25) is 0 Å². The van der Waals surface area contributed by atoms with Crippen LogP contribution in [-0.2, 0) is 6.42 Å². The largest absolute Gasteiger partial charge is 0.396 e. The van der Waals surface area contributed by atoms with E-state index in [0.717, 1.165) is 23.8 Å².